The zero-order chi connectivity index (χ0) is 13.1. The second kappa shape index (κ2) is 5.72. The lowest BCUT2D eigenvalue weighted by Crippen LogP contribution is -2.29. The van der Waals surface area contributed by atoms with Crippen molar-refractivity contribution in [2.75, 3.05) is 13.2 Å². The van der Waals surface area contributed by atoms with E-state index in [9.17, 15) is 0 Å². The van der Waals surface area contributed by atoms with Crippen LogP contribution in [0.1, 0.15) is 31.5 Å². The summed E-state index contributed by atoms with van der Waals surface area (Å²) >= 11 is 0. The number of likely N-dealkylation sites (tertiary alicyclic amines) is 1. The number of rotatable bonds is 5. The van der Waals surface area contributed by atoms with Gasteiger partial charge >= 0.3 is 0 Å². The summed E-state index contributed by atoms with van der Waals surface area (Å²) in [5.41, 5.74) is 2.16. The number of aromatic amines is 1. The Morgan fingerprint density at radius 3 is 3.11 bits per heavy atom. The molecule has 1 aromatic heterocycles. The van der Waals surface area contributed by atoms with Gasteiger partial charge in [0.25, 0.3) is 0 Å². The minimum absolute atomic E-state index is 0.301. The first kappa shape index (κ1) is 12.6. The normalized spacial score (nSPS) is 20.4. The molecule has 0 bridgehead atoms. The maximum atomic E-state index is 8.96. The van der Waals surface area contributed by atoms with Crippen LogP contribution in [-0.4, -0.2) is 39.2 Å². The number of nitrogens with zero attached hydrogens (tertiary/aromatic N) is 2. The molecule has 0 amide bonds. The minimum atomic E-state index is 0.301. The van der Waals surface area contributed by atoms with Crippen molar-refractivity contribution < 1.29 is 5.11 Å². The number of aliphatic hydroxyl groups excluding tert-OH is 1. The lowest BCUT2D eigenvalue weighted by Gasteiger charge is -2.23. The number of benzene rings is 1. The van der Waals surface area contributed by atoms with E-state index in [-0.39, 0.29) is 0 Å². The molecule has 2 heterocycles. The van der Waals surface area contributed by atoms with Gasteiger partial charge < -0.3 is 10.1 Å². The molecule has 1 saturated heterocycles. The molecule has 1 unspecified atom stereocenters. The highest BCUT2D eigenvalue weighted by Gasteiger charge is 2.24. The second-order valence-corrected chi connectivity index (χ2v) is 5.33. The number of hydrogen-bond donors (Lipinski definition) is 2. The van der Waals surface area contributed by atoms with Gasteiger partial charge in [0.1, 0.15) is 5.82 Å². The molecule has 102 valence electrons. The smallest absolute Gasteiger partial charge is 0.121 e. The molecule has 1 aliphatic heterocycles. The van der Waals surface area contributed by atoms with Crippen molar-refractivity contribution in [3.63, 3.8) is 0 Å². The summed E-state index contributed by atoms with van der Waals surface area (Å²) in [6.07, 6.45) is 4.51. The van der Waals surface area contributed by atoms with Gasteiger partial charge in [0.15, 0.2) is 0 Å². The molecular weight excluding hydrogens is 238 g/mol. The molecule has 1 fully saturated rings. The van der Waals surface area contributed by atoms with Crippen molar-refractivity contribution in [2.24, 2.45) is 0 Å². The van der Waals surface area contributed by atoms with Crippen molar-refractivity contribution in [1.82, 2.24) is 14.9 Å². The number of nitrogens with one attached hydrogen (secondary N) is 1. The Morgan fingerprint density at radius 2 is 2.26 bits per heavy atom. The van der Waals surface area contributed by atoms with Crippen molar-refractivity contribution in [3.05, 3.63) is 30.1 Å². The van der Waals surface area contributed by atoms with E-state index in [0.717, 1.165) is 42.8 Å². The largest absolute Gasteiger partial charge is 0.396 e. The van der Waals surface area contributed by atoms with Crippen molar-refractivity contribution >= 4 is 11.0 Å². The van der Waals surface area contributed by atoms with Crippen molar-refractivity contribution in [3.8, 4) is 0 Å². The highest BCUT2D eigenvalue weighted by Crippen LogP contribution is 2.23. The van der Waals surface area contributed by atoms with E-state index in [2.05, 4.69) is 20.9 Å². The third-order valence-corrected chi connectivity index (χ3v) is 3.99. The predicted octanol–water partition coefficient (Wildman–Crippen LogP) is 2.30. The van der Waals surface area contributed by atoms with E-state index in [1.165, 1.54) is 12.8 Å². The van der Waals surface area contributed by atoms with Crippen LogP contribution in [0.4, 0.5) is 0 Å². The Hall–Kier alpha value is -1.39. The average Bonchev–Trinajstić information content (AvgIpc) is 3.02. The molecule has 1 aliphatic rings. The number of H-pyrrole nitrogens is 1. The molecule has 1 aromatic carbocycles. The third kappa shape index (κ3) is 2.80. The molecule has 2 aromatic rings. The first-order valence-electron chi connectivity index (χ1n) is 7.15. The Labute approximate surface area is 113 Å². The van der Waals surface area contributed by atoms with Crippen LogP contribution in [0.5, 0.6) is 0 Å². The topological polar surface area (TPSA) is 52.1 Å². The van der Waals surface area contributed by atoms with Crippen molar-refractivity contribution in [2.45, 2.75) is 38.3 Å². The van der Waals surface area contributed by atoms with Gasteiger partial charge in [0, 0.05) is 12.6 Å². The zero-order valence-corrected chi connectivity index (χ0v) is 11.2. The molecule has 2 N–H and O–H groups in total. The van der Waals surface area contributed by atoms with E-state index in [1.807, 2.05) is 18.2 Å². The molecule has 0 spiro atoms. The summed E-state index contributed by atoms with van der Waals surface area (Å²) in [5, 5.41) is 8.96. The number of fused-ring (bicyclic) bond motifs is 1. The first-order chi connectivity index (χ1) is 9.36. The van der Waals surface area contributed by atoms with E-state index in [1.54, 1.807) is 0 Å². The Morgan fingerprint density at radius 1 is 1.37 bits per heavy atom. The molecule has 0 saturated carbocycles. The average molecular weight is 259 g/mol. The molecule has 4 heteroatoms. The van der Waals surface area contributed by atoms with Gasteiger partial charge in [-0.05, 0) is 44.4 Å². The zero-order valence-electron chi connectivity index (χ0n) is 11.2. The van der Waals surface area contributed by atoms with Gasteiger partial charge in [0.2, 0.25) is 0 Å². The predicted molar refractivity (Wildman–Crippen MR) is 75.8 cm³/mol. The summed E-state index contributed by atoms with van der Waals surface area (Å²) in [7, 11) is 0. The monoisotopic (exact) mass is 259 g/mol. The number of para-hydroxylation sites is 2. The van der Waals surface area contributed by atoms with Crippen LogP contribution < -0.4 is 0 Å². The van der Waals surface area contributed by atoms with E-state index >= 15 is 0 Å². The highest BCUT2D eigenvalue weighted by molar-refractivity contribution is 5.74. The number of aromatic nitrogens is 2. The highest BCUT2D eigenvalue weighted by atomic mass is 16.2. The van der Waals surface area contributed by atoms with Crippen LogP contribution in [0.2, 0.25) is 0 Å². The molecular formula is C15H21N3O. The maximum absolute atomic E-state index is 8.96. The molecule has 3 rings (SSSR count). The van der Waals surface area contributed by atoms with E-state index in [4.69, 9.17) is 5.11 Å². The van der Waals surface area contributed by atoms with Crippen LogP contribution >= 0.6 is 0 Å². The van der Waals surface area contributed by atoms with Crippen LogP contribution in [0.3, 0.4) is 0 Å². The molecule has 0 aliphatic carbocycles. The second-order valence-electron chi connectivity index (χ2n) is 5.33. The lowest BCUT2D eigenvalue weighted by atomic mass is 10.1. The third-order valence-electron chi connectivity index (χ3n) is 3.99. The van der Waals surface area contributed by atoms with Crippen LogP contribution in [0.25, 0.3) is 11.0 Å². The van der Waals surface area contributed by atoms with Crippen LogP contribution in [0, 0.1) is 0 Å². The molecule has 4 nitrogen and oxygen atoms in total. The standard InChI is InChI=1S/C15H21N3O/c19-10-4-6-12-5-3-9-18(12)11-15-16-13-7-1-2-8-14(13)17-15/h1-2,7-8,12,19H,3-6,9-11H2,(H,16,17). The van der Waals surface area contributed by atoms with Crippen LogP contribution in [0.15, 0.2) is 24.3 Å². The fourth-order valence-electron chi connectivity index (χ4n) is 3.03. The van der Waals surface area contributed by atoms with E-state index in [0.29, 0.717) is 12.6 Å². The Kier molecular flexibility index (Phi) is 3.80. The van der Waals surface area contributed by atoms with Gasteiger partial charge in [-0.3, -0.25) is 4.90 Å². The van der Waals surface area contributed by atoms with Crippen molar-refractivity contribution in [1.29, 1.82) is 0 Å². The summed E-state index contributed by atoms with van der Waals surface area (Å²) in [6, 6.07) is 8.78. The fraction of sp³-hybridized carbons (Fsp3) is 0.533. The van der Waals surface area contributed by atoms with E-state index < -0.39 is 0 Å². The number of imidazole rings is 1. The summed E-state index contributed by atoms with van der Waals surface area (Å²) in [6.45, 7) is 2.34. The summed E-state index contributed by atoms with van der Waals surface area (Å²) < 4.78 is 0. The van der Waals surface area contributed by atoms with Gasteiger partial charge in [0.05, 0.1) is 17.6 Å². The Bertz CT molecular complexity index is 504. The fourth-order valence-corrected chi connectivity index (χ4v) is 3.03. The van der Waals surface area contributed by atoms with Gasteiger partial charge in [-0.2, -0.15) is 0 Å². The maximum Gasteiger partial charge on any atom is 0.121 e. The molecule has 0 radical (unpaired) electrons. The minimum Gasteiger partial charge on any atom is -0.396 e. The lowest BCUT2D eigenvalue weighted by molar-refractivity contribution is 0.207. The summed E-state index contributed by atoms with van der Waals surface area (Å²) in [4.78, 5) is 10.5. The number of aliphatic hydroxyl groups is 1. The van der Waals surface area contributed by atoms with Gasteiger partial charge in [-0.15, -0.1) is 0 Å². The SMILES string of the molecule is OCCCC1CCCN1Cc1nc2ccccc2[nH]1. The number of hydrogen-bond acceptors (Lipinski definition) is 3. The first-order valence-corrected chi connectivity index (χ1v) is 7.15. The van der Waals surface area contributed by atoms with Gasteiger partial charge in [-0.1, -0.05) is 12.1 Å². The Balaban J connectivity index is 1.69. The molecule has 1 atom stereocenters. The quantitative estimate of drug-likeness (QED) is 0.866. The van der Waals surface area contributed by atoms with Crippen LogP contribution in [-0.2, 0) is 6.54 Å². The summed E-state index contributed by atoms with van der Waals surface area (Å²) in [5.74, 6) is 1.05. The van der Waals surface area contributed by atoms with Gasteiger partial charge in [-0.25, -0.2) is 4.98 Å². The molecule has 19 heavy (non-hydrogen) atoms.